The first kappa shape index (κ1) is 13.2. The Hall–Kier alpha value is -1.24. The predicted octanol–water partition coefficient (Wildman–Crippen LogP) is 1.19. The minimum atomic E-state index is 0.256. The quantitative estimate of drug-likeness (QED) is 0.608. The topological polar surface area (TPSA) is 68.8 Å². The van der Waals surface area contributed by atoms with Gasteiger partial charge in [-0.25, -0.2) is 4.98 Å². The molecule has 0 aromatic carbocycles. The van der Waals surface area contributed by atoms with Crippen LogP contribution in [0.15, 0.2) is 17.8 Å². The van der Waals surface area contributed by atoms with E-state index in [9.17, 15) is 0 Å². The van der Waals surface area contributed by atoms with Crippen molar-refractivity contribution in [3.63, 3.8) is 0 Å². The van der Waals surface area contributed by atoms with Crippen LogP contribution < -0.4 is 11.3 Å². The van der Waals surface area contributed by atoms with Gasteiger partial charge < -0.3 is 0 Å². The number of aryl methyl sites for hydroxylation is 3. The first-order valence-corrected chi connectivity index (χ1v) is 6.90. The van der Waals surface area contributed by atoms with E-state index >= 15 is 0 Å². The molecule has 0 radical (unpaired) electrons. The lowest BCUT2D eigenvalue weighted by atomic mass is 10.0. The summed E-state index contributed by atoms with van der Waals surface area (Å²) < 4.78 is 1.82. The molecule has 5 nitrogen and oxygen atoms in total. The maximum absolute atomic E-state index is 5.60. The first-order valence-electron chi connectivity index (χ1n) is 6.02. The molecule has 0 aliphatic rings. The van der Waals surface area contributed by atoms with E-state index in [2.05, 4.69) is 20.9 Å². The van der Waals surface area contributed by atoms with Gasteiger partial charge in [0.1, 0.15) is 0 Å². The van der Waals surface area contributed by atoms with Crippen molar-refractivity contribution in [2.24, 2.45) is 12.9 Å². The number of hydrazine groups is 1. The number of thiazole rings is 1. The van der Waals surface area contributed by atoms with Gasteiger partial charge in [-0.3, -0.25) is 16.0 Å². The molecular formula is C12H19N5S. The van der Waals surface area contributed by atoms with Gasteiger partial charge in [0.25, 0.3) is 0 Å². The van der Waals surface area contributed by atoms with E-state index in [1.54, 1.807) is 11.3 Å². The molecule has 6 heteroatoms. The Kier molecular flexibility index (Phi) is 4.46. The normalized spacial score (nSPS) is 12.8. The lowest BCUT2D eigenvalue weighted by Crippen LogP contribution is -2.37. The zero-order valence-corrected chi connectivity index (χ0v) is 11.6. The summed E-state index contributed by atoms with van der Waals surface area (Å²) in [7, 11) is 1.93. The van der Waals surface area contributed by atoms with Crippen LogP contribution >= 0.6 is 11.3 Å². The summed E-state index contributed by atoms with van der Waals surface area (Å²) in [5.74, 6) is 5.60. The van der Waals surface area contributed by atoms with E-state index in [4.69, 9.17) is 5.84 Å². The molecule has 0 aliphatic carbocycles. The van der Waals surface area contributed by atoms with E-state index in [-0.39, 0.29) is 6.04 Å². The van der Waals surface area contributed by atoms with Gasteiger partial charge in [-0.15, -0.1) is 11.3 Å². The third-order valence-corrected chi connectivity index (χ3v) is 3.72. The number of nitrogens with two attached hydrogens (primary N) is 1. The highest BCUT2D eigenvalue weighted by Gasteiger charge is 2.10. The summed E-state index contributed by atoms with van der Waals surface area (Å²) in [6, 6.07) is 0.256. The van der Waals surface area contributed by atoms with Crippen LogP contribution in [0.3, 0.4) is 0 Å². The standard InChI is InChI=1S/C12H19N5S/c1-9-15-12(8-18-9)5-11(16-13)4-3-10-6-14-17(2)7-10/h6-8,11,16H,3-5,13H2,1-2H3. The third kappa shape index (κ3) is 3.63. The third-order valence-electron chi connectivity index (χ3n) is 2.90. The summed E-state index contributed by atoms with van der Waals surface area (Å²) in [5.41, 5.74) is 5.23. The molecule has 0 amide bonds. The van der Waals surface area contributed by atoms with Crippen molar-refractivity contribution in [3.05, 3.63) is 34.0 Å². The highest BCUT2D eigenvalue weighted by molar-refractivity contribution is 7.09. The summed E-state index contributed by atoms with van der Waals surface area (Å²) in [6.45, 7) is 2.02. The average Bonchev–Trinajstić information content (AvgIpc) is 2.93. The number of nitrogens with zero attached hydrogens (tertiary/aromatic N) is 3. The average molecular weight is 265 g/mol. The van der Waals surface area contributed by atoms with E-state index in [1.165, 1.54) is 5.56 Å². The van der Waals surface area contributed by atoms with Gasteiger partial charge in [0.15, 0.2) is 0 Å². The molecule has 18 heavy (non-hydrogen) atoms. The molecule has 0 bridgehead atoms. The van der Waals surface area contributed by atoms with Gasteiger partial charge in [0.2, 0.25) is 0 Å². The number of hydrogen-bond acceptors (Lipinski definition) is 5. The fraction of sp³-hybridized carbons (Fsp3) is 0.500. The SMILES string of the molecule is Cc1nc(CC(CCc2cnn(C)c2)NN)cs1. The van der Waals surface area contributed by atoms with Crippen molar-refractivity contribution in [1.82, 2.24) is 20.2 Å². The monoisotopic (exact) mass is 265 g/mol. The molecule has 1 unspecified atom stereocenters. The minimum Gasteiger partial charge on any atom is -0.276 e. The Bertz CT molecular complexity index is 490. The van der Waals surface area contributed by atoms with Crippen molar-refractivity contribution >= 4 is 11.3 Å². The molecule has 2 aromatic heterocycles. The molecule has 2 rings (SSSR count). The largest absolute Gasteiger partial charge is 0.276 e. The van der Waals surface area contributed by atoms with Crippen molar-refractivity contribution in [3.8, 4) is 0 Å². The van der Waals surface area contributed by atoms with Crippen LogP contribution in [-0.2, 0) is 19.9 Å². The second kappa shape index (κ2) is 6.08. The molecule has 0 aliphatic heterocycles. The molecule has 0 spiro atoms. The number of nitrogens with one attached hydrogen (secondary N) is 1. The maximum Gasteiger partial charge on any atom is 0.0897 e. The van der Waals surface area contributed by atoms with Crippen LogP contribution in [0.2, 0.25) is 0 Å². The second-order valence-electron chi connectivity index (χ2n) is 4.49. The Labute approximate surface area is 111 Å². The highest BCUT2D eigenvalue weighted by atomic mass is 32.1. The van der Waals surface area contributed by atoms with Gasteiger partial charge in [-0.05, 0) is 25.3 Å². The van der Waals surface area contributed by atoms with E-state index < -0.39 is 0 Å². The zero-order valence-electron chi connectivity index (χ0n) is 10.8. The van der Waals surface area contributed by atoms with Gasteiger partial charge in [-0.2, -0.15) is 5.10 Å². The molecule has 1 atom stereocenters. The van der Waals surface area contributed by atoms with Gasteiger partial charge in [0.05, 0.1) is 16.9 Å². The molecule has 98 valence electrons. The van der Waals surface area contributed by atoms with Crippen molar-refractivity contribution in [2.75, 3.05) is 0 Å². The van der Waals surface area contributed by atoms with E-state index in [1.807, 2.05) is 31.0 Å². The van der Waals surface area contributed by atoms with E-state index in [0.29, 0.717) is 0 Å². The second-order valence-corrected chi connectivity index (χ2v) is 5.55. The molecule has 3 N–H and O–H groups in total. The van der Waals surface area contributed by atoms with Gasteiger partial charge >= 0.3 is 0 Å². The minimum absolute atomic E-state index is 0.256. The molecule has 0 fully saturated rings. The molecular weight excluding hydrogens is 246 g/mol. The maximum atomic E-state index is 5.60. The fourth-order valence-corrected chi connectivity index (χ4v) is 2.57. The van der Waals surface area contributed by atoms with Crippen molar-refractivity contribution < 1.29 is 0 Å². The lowest BCUT2D eigenvalue weighted by molar-refractivity contribution is 0.487. The summed E-state index contributed by atoms with van der Waals surface area (Å²) >= 11 is 1.68. The van der Waals surface area contributed by atoms with Crippen LogP contribution in [0, 0.1) is 6.92 Å². The Morgan fingerprint density at radius 1 is 1.56 bits per heavy atom. The fourth-order valence-electron chi connectivity index (χ4n) is 1.94. The van der Waals surface area contributed by atoms with Crippen LogP contribution in [-0.4, -0.2) is 20.8 Å². The van der Waals surface area contributed by atoms with Crippen LogP contribution in [0.1, 0.15) is 22.7 Å². The number of rotatable bonds is 6. The zero-order chi connectivity index (χ0) is 13.0. The Morgan fingerprint density at radius 2 is 2.39 bits per heavy atom. The molecule has 0 saturated heterocycles. The summed E-state index contributed by atoms with van der Waals surface area (Å²) in [4.78, 5) is 4.46. The molecule has 0 saturated carbocycles. The molecule has 2 heterocycles. The smallest absolute Gasteiger partial charge is 0.0897 e. The number of hydrogen-bond donors (Lipinski definition) is 2. The summed E-state index contributed by atoms with van der Waals surface area (Å²) in [5, 5.41) is 7.37. The van der Waals surface area contributed by atoms with Crippen LogP contribution in [0.25, 0.3) is 0 Å². The number of aromatic nitrogens is 3. The van der Waals surface area contributed by atoms with Gasteiger partial charge in [0, 0.05) is 31.1 Å². The van der Waals surface area contributed by atoms with Gasteiger partial charge in [-0.1, -0.05) is 0 Å². The van der Waals surface area contributed by atoms with Crippen molar-refractivity contribution in [2.45, 2.75) is 32.2 Å². The highest BCUT2D eigenvalue weighted by Crippen LogP contribution is 2.12. The lowest BCUT2D eigenvalue weighted by Gasteiger charge is -2.13. The molecule has 2 aromatic rings. The summed E-state index contributed by atoms with van der Waals surface area (Å²) in [6.07, 6.45) is 6.78. The Balaban J connectivity index is 1.85. The van der Waals surface area contributed by atoms with Crippen LogP contribution in [0.5, 0.6) is 0 Å². The predicted molar refractivity (Wildman–Crippen MR) is 73.2 cm³/mol. The van der Waals surface area contributed by atoms with Crippen LogP contribution in [0.4, 0.5) is 0 Å². The first-order chi connectivity index (χ1) is 8.67. The van der Waals surface area contributed by atoms with Crippen molar-refractivity contribution in [1.29, 1.82) is 0 Å². The Morgan fingerprint density at radius 3 is 2.94 bits per heavy atom. The van der Waals surface area contributed by atoms with E-state index in [0.717, 1.165) is 30.0 Å².